The van der Waals surface area contributed by atoms with Crippen LogP contribution >= 0.6 is 0 Å². The number of fused-ring (bicyclic) bond motifs is 1. The van der Waals surface area contributed by atoms with Gasteiger partial charge < -0.3 is 21.7 Å². The highest BCUT2D eigenvalue weighted by Crippen LogP contribution is 2.26. The zero-order valence-corrected chi connectivity index (χ0v) is 18.2. The second-order valence-corrected chi connectivity index (χ2v) is 8.42. The fraction of sp³-hybridized carbons (Fsp3) is 0.240. The predicted molar refractivity (Wildman–Crippen MR) is 131 cm³/mol. The van der Waals surface area contributed by atoms with E-state index in [1.54, 1.807) is 22.8 Å². The predicted octanol–water partition coefficient (Wildman–Crippen LogP) is 4.41. The minimum absolute atomic E-state index is 0.135. The van der Waals surface area contributed by atoms with Gasteiger partial charge in [0.1, 0.15) is 5.82 Å². The van der Waals surface area contributed by atoms with Crippen LogP contribution in [0.15, 0.2) is 73.1 Å². The summed E-state index contributed by atoms with van der Waals surface area (Å²) in [4.78, 5) is 16.8. The number of anilines is 4. The second kappa shape index (κ2) is 9.30. The van der Waals surface area contributed by atoms with E-state index >= 15 is 0 Å². The average molecular weight is 442 g/mol. The van der Waals surface area contributed by atoms with Crippen LogP contribution in [-0.4, -0.2) is 32.6 Å². The molecule has 0 unspecified atom stereocenters. The topological polar surface area (TPSA) is 109 Å². The van der Waals surface area contributed by atoms with Crippen molar-refractivity contribution in [3.05, 3.63) is 78.6 Å². The maximum atomic E-state index is 12.4. The summed E-state index contributed by atoms with van der Waals surface area (Å²) in [7, 11) is 0. The number of imidazole rings is 1. The highest BCUT2D eigenvalue weighted by atomic mass is 16.1. The van der Waals surface area contributed by atoms with Crippen LogP contribution in [-0.2, 0) is 0 Å². The standard InChI is InChI=1S/C25H27N7O/c26-18-6-8-20(9-7-18)29-23-16-22(24-27-14-15-32(24)31-23)28-19-10-12-21(13-11-19)30-25(33)17-4-2-1-3-5-17/h1-5,10-16,18,20,28H,6-9,26H2,(H,29,31)(H,30,33)/t18-,20-. The number of nitrogens with two attached hydrogens (primary N) is 1. The Balaban J connectivity index is 1.30. The Morgan fingerprint density at radius 3 is 2.45 bits per heavy atom. The molecular formula is C25H27N7O. The first-order valence-corrected chi connectivity index (χ1v) is 11.2. The highest BCUT2D eigenvalue weighted by Gasteiger charge is 2.19. The van der Waals surface area contributed by atoms with Crippen molar-refractivity contribution >= 4 is 34.4 Å². The Morgan fingerprint density at radius 1 is 0.970 bits per heavy atom. The van der Waals surface area contributed by atoms with Crippen molar-refractivity contribution in [2.24, 2.45) is 5.73 Å². The van der Waals surface area contributed by atoms with Gasteiger partial charge >= 0.3 is 0 Å². The first-order valence-electron chi connectivity index (χ1n) is 11.2. The lowest BCUT2D eigenvalue weighted by Gasteiger charge is -2.27. The van der Waals surface area contributed by atoms with Gasteiger partial charge in [-0.15, -0.1) is 5.10 Å². The number of nitrogens with one attached hydrogen (secondary N) is 3. The van der Waals surface area contributed by atoms with Gasteiger partial charge in [-0.2, -0.15) is 0 Å². The van der Waals surface area contributed by atoms with E-state index in [0.717, 1.165) is 54.2 Å². The summed E-state index contributed by atoms with van der Waals surface area (Å²) < 4.78 is 1.77. The van der Waals surface area contributed by atoms with Crippen LogP contribution in [0.5, 0.6) is 0 Å². The Hall–Kier alpha value is -3.91. The Labute approximate surface area is 192 Å². The number of rotatable bonds is 6. The lowest BCUT2D eigenvalue weighted by Crippen LogP contribution is -2.33. The summed E-state index contributed by atoms with van der Waals surface area (Å²) in [6, 6.07) is 19.4. The molecule has 1 aliphatic carbocycles. The van der Waals surface area contributed by atoms with Crippen LogP contribution in [0.4, 0.5) is 22.9 Å². The third-order valence-corrected chi connectivity index (χ3v) is 5.94. The van der Waals surface area contributed by atoms with E-state index in [1.165, 1.54) is 0 Å². The molecule has 8 nitrogen and oxygen atoms in total. The van der Waals surface area contributed by atoms with Crippen molar-refractivity contribution in [3.63, 3.8) is 0 Å². The fourth-order valence-electron chi connectivity index (χ4n) is 4.14. The van der Waals surface area contributed by atoms with Crippen molar-refractivity contribution in [3.8, 4) is 0 Å². The fourth-order valence-corrected chi connectivity index (χ4v) is 4.14. The van der Waals surface area contributed by atoms with Gasteiger partial charge in [0.05, 0.1) is 5.69 Å². The molecule has 168 valence electrons. The van der Waals surface area contributed by atoms with Crippen molar-refractivity contribution < 1.29 is 4.79 Å². The van der Waals surface area contributed by atoms with E-state index < -0.39 is 0 Å². The van der Waals surface area contributed by atoms with Crippen LogP contribution in [0.3, 0.4) is 0 Å². The van der Waals surface area contributed by atoms with Gasteiger partial charge in [-0.05, 0) is 62.1 Å². The Kier molecular flexibility index (Phi) is 5.91. The van der Waals surface area contributed by atoms with Gasteiger partial charge in [0, 0.05) is 47.5 Å². The molecule has 1 aliphatic rings. The largest absolute Gasteiger partial charge is 0.366 e. The molecule has 2 aromatic carbocycles. The van der Waals surface area contributed by atoms with Gasteiger partial charge in [0.25, 0.3) is 5.91 Å². The molecule has 1 fully saturated rings. The van der Waals surface area contributed by atoms with Crippen LogP contribution in [0.1, 0.15) is 36.0 Å². The van der Waals surface area contributed by atoms with Crippen molar-refractivity contribution in [1.29, 1.82) is 0 Å². The lowest BCUT2D eigenvalue weighted by atomic mass is 9.92. The molecule has 0 saturated heterocycles. The van der Waals surface area contributed by atoms with Gasteiger partial charge in [-0.3, -0.25) is 4.79 Å². The van der Waals surface area contributed by atoms with E-state index in [2.05, 4.69) is 26.0 Å². The molecule has 0 spiro atoms. The summed E-state index contributed by atoms with van der Waals surface area (Å²) in [5.41, 5.74) is 9.88. The third-order valence-electron chi connectivity index (χ3n) is 5.94. The zero-order chi connectivity index (χ0) is 22.6. The molecule has 0 atom stereocenters. The molecule has 33 heavy (non-hydrogen) atoms. The smallest absolute Gasteiger partial charge is 0.255 e. The van der Waals surface area contributed by atoms with Crippen molar-refractivity contribution in [2.45, 2.75) is 37.8 Å². The first-order chi connectivity index (χ1) is 16.1. The van der Waals surface area contributed by atoms with Crippen molar-refractivity contribution in [2.75, 3.05) is 16.0 Å². The SMILES string of the molecule is N[C@H]1CC[C@H](Nc2cc(Nc3ccc(NC(=O)c4ccccc4)cc3)c3nccn3n2)CC1. The quantitative estimate of drug-likeness (QED) is 0.353. The Bertz CT molecular complexity index is 1230. The van der Waals surface area contributed by atoms with Crippen LogP contribution < -0.4 is 21.7 Å². The minimum atomic E-state index is -0.135. The second-order valence-electron chi connectivity index (χ2n) is 8.42. The summed E-state index contributed by atoms with van der Waals surface area (Å²) in [5, 5.41) is 14.6. The molecule has 5 N–H and O–H groups in total. The monoisotopic (exact) mass is 441 g/mol. The lowest BCUT2D eigenvalue weighted by molar-refractivity contribution is 0.102. The Morgan fingerprint density at radius 2 is 1.70 bits per heavy atom. The van der Waals surface area contributed by atoms with E-state index in [4.69, 9.17) is 5.73 Å². The molecule has 0 aliphatic heterocycles. The van der Waals surface area contributed by atoms with Gasteiger partial charge in [-0.1, -0.05) is 18.2 Å². The minimum Gasteiger partial charge on any atom is -0.366 e. The van der Waals surface area contributed by atoms with Crippen LogP contribution in [0.2, 0.25) is 0 Å². The highest BCUT2D eigenvalue weighted by molar-refractivity contribution is 6.04. The van der Waals surface area contributed by atoms with Gasteiger partial charge in [0.15, 0.2) is 5.65 Å². The molecular weight excluding hydrogens is 414 g/mol. The normalized spacial score (nSPS) is 18.1. The van der Waals surface area contributed by atoms with E-state index in [0.29, 0.717) is 17.6 Å². The number of hydrogen-bond donors (Lipinski definition) is 4. The maximum absolute atomic E-state index is 12.4. The van der Waals surface area contributed by atoms with Crippen LogP contribution in [0, 0.1) is 0 Å². The molecule has 2 aromatic heterocycles. The van der Waals surface area contributed by atoms with E-state index in [-0.39, 0.29) is 5.91 Å². The number of amides is 1. The van der Waals surface area contributed by atoms with E-state index in [1.807, 2.05) is 54.7 Å². The molecule has 1 saturated carbocycles. The first kappa shape index (κ1) is 21.0. The molecule has 4 aromatic rings. The third kappa shape index (κ3) is 4.96. The number of nitrogens with zero attached hydrogens (tertiary/aromatic N) is 3. The van der Waals surface area contributed by atoms with Gasteiger partial charge in [0.2, 0.25) is 0 Å². The van der Waals surface area contributed by atoms with Gasteiger partial charge in [-0.25, -0.2) is 9.50 Å². The summed E-state index contributed by atoms with van der Waals surface area (Å²) in [6.45, 7) is 0. The summed E-state index contributed by atoms with van der Waals surface area (Å²) in [6.07, 6.45) is 7.73. The van der Waals surface area contributed by atoms with Crippen molar-refractivity contribution in [1.82, 2.24) is 14.6 Å². The number of carbonyl (C=O) groups is 1. The summed E-state index contributed by atoms with van der Waals surface area (Å²) >= 11 is 0. The number of hydrogen-bond acceptors (Lipinski definition) is 6. The molecule has 1 amide bonds. The molecule has 8 heteroatoms. The average Bonchev–Trinajstić information content (AvgIpc) is 3.31. The number of carbonyl (C=O) groups excluding carboxylic acids is 1. The maximum Gasteiger partial charge on any atom is 0.255 e. The van der Waals surface area contributed by atoms with E-state index in [9.17, 15) is 4.79 Å². The molecule has 5 rings (SSSR count). The molecule has 0 bridgehead atoms. The summed E-state index contributed by atoms with van der Waals surface area (Å²) in [5.74, 6) is 0.666. The molecule has 2 heterocycles. The molecule has 0 radical (unpaired) electrons. The zero-order valence-electron chi connectivity index (χ0n) is 18.2. The van der Waals surface area contributed by atoms with Crippen LogP contribution in [0.25, 0.3) is 5.65 Å². The number of benzene rings is 2. The number of aromatic nitrogens is 3.